The number of rotatable bonds is 5. The summed E-state index contributed by atoms with van der Waals surface area (Å²) in [6, 6.07) is 3.81. The molecule has 5 nitrogen and oxygen atoms in total. The highest BCUT2D eigenvalue weighted by Crippen LogP contribution is 2.24. The lowest BCUT2D eigenvalue weighted by atomic mass is 10.2. The zero-order chi connectivity index (χ0) is 14.7. The van der Waals surface area contributed by atoms with Crippen molar-refractivity contribution in [1.82, 2.24) is 14.8 Å². The Balaban J connectivity index is 2.29. The molecule has 20 heavy (non-hydrogen) atoms. The van der Waals surface area contributed by atoms with Gasteiger partial charge in [-0.05, 0) is 31.9 Å². The molecule has 0 aromatic carbocycles. The largest absolute Gasteiger partial charge is 0.360 e. The van der Waals surface area contributed by atoms with E-state index in [2.05, 4.69) is 29.4 Å². The summed E-state index contributed by atoms with van der Waals surface area (Å²) in [5, 5.41) is 12.9. The van der Waals surface area contributed by atoms with Crippen molar-refractivity contribution in [1.29, 1.82) is 0 Å². The number of nitrogens with zero attached hydrogens (tertiary/aromatic N) is 3. The average Bonchev–Trinajstić information content (AvgIpc) is 2.85. The van der Waals surface area contributed by atoms with E-state index in [1.165, 1.54) is 11.3 Å². The maximum Gasteiger partial charge on any atom is 0.261 e. The lowest BCUT2D eigenvalue weighted by Crippen LogP contribution is -2.22. The molecule has 0 amide bonds. The topological polar surface area (TPSA) is 59.8 Å². The first-order valence-corrected chi connectivity index (χ1v) is 7.59. The molecule has 2 heterocycles. The Kier molecular flexibility index (Phi) is 4.54. The Morgan fingerprint density at radius 1 is 1.30 bits per heavy atom. The number of hydrogen-bond acceptors (Lipinski definition) is 5. The molecular formula is C14H20N4OS. The Morgan fingerprint density at radius 3 is 2.70 bits per heavy atom. The average molecular weight is 292 g/mol. The third-order valence-electron chi connectivity index (χ3n) is 2.85. The van der Waals surface area contributed by atoms with E-state index in [1.807, 2.05) is 19.9 Å². The quantitative estimate of drug-likeness (QED) is 0.920. The van der Waals surface area contributed by atoms with Gasteiger partial charge in [0.1, 0.15) is 0 Å². The van der Waals surface area contributed by atoms with Crippen LogP contribution in [0, 0.1) is 5.92 Å². The second kappa shape index (κ2) is 6.17. The minimum atomic E-state index is -0.0194. The molecule has 0 atom stereocenters. The third kappa shape index (κ3) is 3.25. The van der Waals surface area contributed by atoms with E-state index < -0.39 is 0 Å². The minimum Gasteiger partial charge on any atom is -0.360 e. The Hall–Kier alpha value is -1.69. The van der Waals surface area contributed by atoms with Gasteiger partial charge in [0.2, 0.25) is 5.13 Å². The first-order chi connectivity index (χ1) is 9.49. The fourth-order valence-corrected chi connectivity index (χ4v) is 2.54. The van der Waals surface area contributed by atoms with Gasteiger partial charge in [-0.2, -0.15) is 0 Å². The van der Waals surface area contributed by atoms with Crippen LogP contribution in [-0.4, -0.2) is 21.3 Å². The van der Waals surface area contributed by atoms with Crippen molar-refractivity contribution in [3.05, 3.63) is 28.7 Å². The van der Waals surface area contributed by atoms with Crippen LogP contribution >= 0.6 is 11.3 Å². The van der Waals surface area contributed by atoms with Crippen LogP contribution in [0.2, 0.25) is 0 Å². The number of hydrogen-bond donors (Lipinski definition) is 1. The van der Waals surface area contributed by atoms with Crippen molar-refractivity contribution in [2.45, 2.75) is 33.7 Å². The SMILES string of the molecule is CC(C)CNc1nnc(-c2cccn(C(C)C)c2=O)s1. The van der Waals surface area contributed by atoms with Gasteiger partial charge < -0.3 is 9.88 Å². The van der Waals surface area contributed by atoms with Gasteiger partial charge in [-0.25, -0.2) is 0 Å². The van der Waals surface area contributed by atoms with E-state index in [0.29, 0.717) is 16.5 Å². The van der Waals surface area contributed by atoms with Crippen LogP contribution in [0.15, 0.2) is 23.1 Å². The van der Waals surface area contributed by atoms with E-state index in [9.17, 15) is 4.79 Å². The monoisotopic (exact) mass is 292 g/mol. The van der Waals surface area contributed by atoms with Gasteiger partial charge >= 0.3 is 0 Å². The zero-order valence-electron chi connectivity index (χ0n) is 12.3. The van der Waals surface area contributed by atoms with Crippen molar-refractivity contribution in [2.75, 3.05) is 11.9 Å². The summed E-state index contributed by atoms with van der Waals surface area (Å²) in [5.41, 5.74) is 0.588. The molecule has 1 N–H and O–H groups in total. The molecule has 0 aliphatic rings. The lowest BCUT2D eigenvalue weighted by Gasteiger charge is -2.09. The molecule has 0 bridgehead atoms. The van der Waals surface area contributed by atoms with Gasteiger partial charge in [0.25, 0.3) is 5.56 Å². The van der Waals surface area contributed by atoms with Gasteiger partial charge in [-0.3, -0.25) is 4.79 Å². The van der Waals surface area contributed by atoms with Crippen LogP contribution in [0.5, 0.6) is 0 Å². The molecular weight excluding hydrogens is 272 g/mol. The molecule has 0 fully saturated rings. The Bertz CT molecular complexity index is 630. The smallest absolute Gasteiger partial charge is 0.261 e. The number of nitrogens with one attached hydrogen (secondary N) is 1. The number of anilines is 1. The summed E-state index contributed by atoms with van der Waals surface area (Å²) in [4.78, 5) is 12.4. The highest BCUT2D eigenvalue weighted by atomic mass is 32.1. The van der Waals surface area contributed by atoms with Gasteiger partial charge in [-0.15, -0.1) is 10.2 Å². The Labute approximate surface area is 122 Å². The van der Waals surface area contributed by atoms with Crippen molar-refractivity contribution >= 4 is 16.5 Å². The second-order valence-electron chi connectivity index (χ2n) is 5.42. The van der Waals surface area contributed by atoms with E-state index in [0.717, 1.165) is 11.7 Å². The molecule has 0 unspecified atom stereocenters. The Morgan fingerprint density at radius 2 is 2.05 bits per heavy atom. The van der Waals surface area contributed by atoms with Crippen LogP contribution in [-0.2, 0) is 0 Å². The summed E-state index contributed by atoms with van der Waals surface area (Å²) in [6.45, 7) is 9.09. The molecule has 2 rings (SSSR count). The summed E-state index contributed by atoms with van der Waals surface area (Å²) in [6.07, 6.45) is 1.80. The normalized spacial score (nSPS) is 11.3. The second-order valence-corrected chi connectivity index (χ2v) is 6.39. The van der Waals surface area contributed by atoms with Crippen LogP contribution in [0.4, 0.5) is 5.13 Å². The van der Waals surface area contributed by atoms with Gasteiger partial charge in [-0.1, -0.05) is 25.2 Å². The molecule has 2 aromatic heterocycles. The van der Waals surface area contributed by atoms with E-state index in [1.54, 1.807) is 16.8 Å². The highest BCUT2D eigenvalue weighted by Gasteiger charge is 2.12. The molecule has 6 heteroatoms. The molecule has 2 aromatic rings. The predicted molar refractivity (Wildman–Crippen MR) is 83.3 cm³/mol. The number of pyridine rings is 1. The van der Waals surface area contributed by atoms with E-state index in [-0.39, 0.29) is 11.6 Å². The first kappa shape index (κ1) is 14.7. The van der Waals surface area contributed by atoms with Gasteiger partial charge in [0.15, 0.2) is 5.01 Å². The third-order valence-corrected chi connectivity index (χ3v) is 3.76. The van der Waals surface area contributed by atoms with E-state index in [4.69, 9.17) is 0 Å². The molecule has 0 aliphatic carbocycles. The highest BCUT2D eigenvalue weighted by molar-refractivity contribution is 7.18. The van der Waals surface area contributed by atoms with Crippen molar-refractivity contribution in [3.8, 4) is 10.6 Å². The van der Waals surface area contributed by atoms with Crippen molar-refractivity contribution < 1.29 is 0 Å². The molecule has 0 saturated carbocycles. The summed E-state index contributed by atoms with van der Waals surface area (Å²) in [7, 11) is 0. The van der Waals surface area contributed by atoms with E-state index >= 15 is 0 Å². The molecule has 108 valence electrons. The van der Waals surface area contributed by atoms with Crippen LogP contribution in [0.25, 0.3) is 10.6 Å². The van der Waals surface area contributed by atoms with Crippen LogP contribution < -0.4 is 10.9 Å². The maximum absolute atomic E-state index is 12.4. The van der Waals surface area contributed by atoms with Gasteiger partial charge in [0.05, 0.1) is 5.56 Å². The first-order valence-electron chi connectivity index (χ1n) is 6.78. The molecule has 0 aliphatic heterocycles. The summed E-state index contributed by atoms with van der Waals surface area (Å²) >= 11 is 1.42. The fourth-order valence-electron chi connectivity index (χ4n) is 1.77. The van der Waals surface area contributed by atoms with Crippen LogP contribution in [0.1, 0.15) is 33.7 Å². The summed E-state index contributed by atoms with van der Waals surface area (Å²) in [5.74, 6) is 0.539. The predicted octanol–water partition coefficient (Wildman–Crippen LogP) is 3.02. The minimum absolute atomic E-state index is 0.0194. The molecule has 0 saturated heterocycles. The molecule has 0 radical (unpaired) electrons. The fraction of sp³-hybridized carbons (Fsp3) is 0.500. The molecule has 0 spiro atoms. The zero-order valence-corrected chi connectivity index (χ0v) is 13.1. The lowest BCUT2D eigenvalue weighted by molar-refractivity contribution is 0.579. The summed E-state index contributed by atoms with van der Waals surface area (Å²) < 4.78 is 1.71. The number of aromatic nitrogens is 3. The van der Waals surface area contributed by atoms with Crippen LogP contribution in [0.3, 0.4) is 0 Å². The van der Waals surface area contributed by atoms with Gasteiger partial charge in [0, 0.05) is 18.8 Å². The standard InChI is InChI=1S/C14H20N4OS/c1-9(2)8-15-14-17-16-12(20-14)11-6-5-7-18(10(3)4)13(11)19/h5-7,9-10H,8H2,1-4H3,(H,15,17). The van der Waals surface area contributed by atoms with Crippen molar-refractivity contribution in [2.24, 2.45) is 5.92 Å². The maximum atomic E-state index is 12.4. The van der Waals surface area contributed by atoms with Crippen molar-refractivity contribution in [3.63, 3.8) is 0 Å².